The lowest BCUT2D eigenvalue weighted by molar-refractivity contribution is 0.548. The molecule has 3 heteroatoms. The smallest absolute Gasteiger partial charge is 0.0537 e. The van der Waals surface area contributed by atoms with E-state index in [0.717, 1.165) is 13.0 Å². The van der Waals surface area contributed by atoms with Crippen LogP contribution in [0.3, 0.4) is 0 Å². The van der Waals surface area contributed by atoms with E-state index >= 15 is 0 Å². The second-order valence-electron chi connectivity index (χ2n) is 5.19. The predicted molar refractivity (Wildman–Crippen MR) is 79.2 cm³/mol. The number of nitrogens with zero attached hydrogens (tertiary/aromatic N) is 2. The topological polar surface area (TPSA) is 29.9 Å². The number of nitrogens with one attached hydrogen (secondary N) is 1. The Morgan fingerprint density at radius 2 is 2.11 bits per heavy atom. The molecule has 1 unspecified atom stereocenters. The number of hydrogen-bond acceptors (Lipinski definition) is 2. The Morgan fingerprint density at radius 1 is 1.32 bits per heavy atom. The van der Waals surface area contributed by atoms with Crippen LogP contribution in [-0.2, 0) is 13.5 Å². The molecular formula is C16H23N3. The number of aromatic nitrogens is 2. The molecule has 1 aromatic carbocycles. The maximum atomic E-state index is 4.28. The molecule has 3 nitrogen and oxygen atoms in total. The van der Waals surface area contributed by atoms with Gasteiger partial charge < -0.3 is 5.32 Å². The molecule has 0 aliphatic heterocycles. The summed E-state index contributed by atoms with van der Waals surface area (Å²) in [5.74, 6) is 0. The summed E-state index contributed by atoms with van der Waals surface area (Å²) in [6.45, 7) is 7.44. The zero-order valence-electron chi connectivity index (χ0n) is 12.3. The molecule has 0 bridgehead atoms. The molecule has 0 amide bonds. The highest BCUT2D eigenvalue weighted by molar-refractivity contribution is 5.32. The summed E-state index contributed by atoms with van der Waals surface area (Å²) < 4.78 is 1.86. The molecule has 19 heavy (non-hydrogen) atoms. The minimum absolute atomic E-state index is 0.333. The van der Waals surface area contributed by atoms with Gasteiger partial charge in [-0.25, -0.2) is 0 Å². The first kappa shape index (κ1) is 13.8. The van der Waals surface area contributed by atoms with Crippen LogP contribution in [0.1, 0.15) is 35.2 Å². The van der Waals surface area contributed by atoms with Crippen LogP contribution in [0.2, 0.25) is 0 Å². The number of rotatable bonds is 5. The van der Waals surface area contributed by atoms with Crippen LogP contribution >= 0.6 is 0 Å². The van der Waals surface area contributed by atoms with Gasteiger partial charge in [-0.05, 0) is 37.9 Å². The van der Waals surface area contributed by atoms with E-state index in [1.165, 1.54) is 22.3 Å². The van der Waals surface area contributed by atoms with Crippen molar-refractivity contribution in [1.82, 2.24) is 15.1 Å². The Balaban J connectivity index is 2.23. The van der Waals surface area contributed by atoms with E-state index in [1.54, 1.807) is 0 Å². The SMILES string of the molecule is CCNC(Cc1cc(C)ccc1C)c1cnn(C)c1. The zero-order chi connectivity index (χ0) is 13.8. The molecule has 0 radical (unpaired) electrons. The van der Waals surface area contributed by atoms with E-state index in [4.69, 9.17) is 0 Å². The normalized spacial score (nSPS) is 12.6. The van der Waals surface area contributed by atoms with Crippen molar-refractivity contribution in [3.05, 3.63) is 52.8 Å². The highest BCUT2D eigenvalue weighted by atomic mass is 15.2. The summed E-state index contributed by atoms with van der Waals surface area (Å²) in [6, 6.07) is 7.00. The van der Waals surface area contributed by atoms with Gasteiger partial charge in [0.2, 0.25) is 0 Å². The number of likely N-dealkylation sites (N-methyl/N-ethyl adjacent to an activating group) is 1. The van der Waals surface area contributed by atoms with Crippen LogP contribution in [0.15, 0.2) is 30.6 Å². The quantitative estimate of drug-likeness (QED) is 0.892. The predicted octanol–water partition coefficient (Wildman–Crippen LogP) is 2.93. The molecule has 0 saturated carbocycles. The van der Waals surface area contributed by atoms with E-state index in [-0.39, 0.29) is 0 Å². The maximum absolute atomic E-state index is 4.28. The first-order chi connectivity index (χ1) is 9.10. The van der Waals surface area contributed by atoms with Crippen molar-refractivity contribution in [2.75, 3.05) is 6.54 Å². The van der Waals surface area contributed by atoms with Gasteiger partial charge in [0.25, 0.3) is 0 Å². The lowest BCUT2D eigenvalue weighted by Crippen LogP contribution is -2.23. The summed E-state index contributed by atoms with van der Waals surface area (Å²) in [4.78, 5) is 0. The van der Waals surface area contributed by atoms with Crippen molar-refractivity contribution in [3.8, 4) is 0 Å². The summed E-state index contributed by atoms with van der Waals surface area (Å²) >= 11 is 0. The third kappa shape index (κ3) is 3.44. The van der Waals surface area contributed by atoms with Crippen molar-refractivity contribution in [1.29, 1.82) is 0 Å². The van der Waals surface area contributed by atoms with Crippen molar-refractivity contribution in [2.45, 2.75) is 33.2 Å². The van der Waals surface area contributed by atoms with Gasteiger partial charge in [0.1, 0.15) is 0 Å². The molecule has 0 fully saturated rings. The Hall–Kier alpha value is -1.61. The van der Waals surface area contributed by atoms with Crippen molar-refractivity contribution in [3.63, 3.8) is 0 Å². The number of hydrogen-bond donors (Lipinski definition) is 1. The van der Waals surface area contributed by atoms with Crippen molar-refractivity contribution in [2.24, 2.45) is 7.05 Å². The van der Waals surface area contributed by atoms with Crippen LogP contribution < -0.4 is 5.32 Å². The zero-order valence-corrected chi connectivity index (χ0v) is 12.3. The summed E-state index contributed by atoms with van der Waals surface area (Å²) in [5.41, 5.74) is 5.35. The molecule has 2 rings (SSSR count). The van der Waals surface area contributed by atoms with E-state index in [9.17, 15) is 0 Å². The first-order valence-corrected chi connectivity index (χ1v) is 6.88. The Bertz CT molecular complexity index is 543. The third-order valence-corrected chi connectivity index (χ3v) is 3.51. The lowest BCUT2D eigenvalue weighted by Gasteiger charge is -2.18. The largest absolute Gasteiger partial charge is 0.310 e. The van der Waals surface area contributed by atoms with Gasteiger partial charge in [0, 0.05) is 24.8 Å². The van der Waals surface area contributed by atoms with Gasteiger partial charge in [-0.15, -0.1) is 0 Å². The lowest BCUT2D eigenvalue weighted by atomic mass is 9.96. The third-order valence-electron chi connectivity index (χ3n) is 3.51. The van der Waals surface area contributed by atoms with Gasteiger partial charge in [0.15, 0.2) is 0 Å². The highest BCUT2D eigenvalue weighted by Gasteiger charge is 2.14. The minimum Gasteiger partial charge on any atom is -0.310 e. The molecular weight excluding hydrogens is 234 g/mol. The van der Waals surface area contributed by atoms with Crippen LogP contribution in [0, 0.1) is 13.8 Å². The fourth-order valence-corrected chi connectivity index (χ4v) is 2.41. The monoisotopic (exact) mass is 257 g/mol. The van der Waals surface area contributed by atoms with Gasteiger partial charge in [-0.2, -0.15) is 5.10 Å². The second-order valence-corrected chi connectivity index (χ2v) is 5.19. The fraction of sp³-hybridized carbons (Fsp3) is 0.438. The average molecular weight is 257 g/mol. The number of aryl methyl sites for hydroxylation is 3. The maximum Gasteiger partial charge on any atom is 0.0537 e. The molecule has 0 saturated heterocycles. The van der Waals surface area contributed by atoms with E-state index in [1.807, 2.05) is 17.9 Å². The van der Waals surface area contributed by atoms with E-state index in [0.29, 0.717) is 6.04 Å². The summed E-state index contributed by atoms with van der Waals surface area (Å²) in [6.07, 6.45) is 5.06. The molecule has 102 valence electrons. The Morgan fingerprint density at radius 3 is 2.74 bits per heavy atom. The van der Waals surface area contributed by atoms with E-state index in [2.05, 4.69) is 55.6 Å². The van der Waals surface area contributed by atoms with Gasteiger partial charge in [0.05, 0.1) is 6.20 Å². The molecule has 1 aromatic heterocycles. The van der Waals surface area contributed by atoms with Crippen LogP contribution in [0.25, 0.3) is 0 Å². The Labute approximate surface area is 115 Å². The van der Waals surface area contributed by atoms with Crippen LogP contribution in [-0.4, -0.2) is 16.3 Å². The Kier molecular flexibility index (Phi) is 4.38. The molecule has 2 aromatic rings. The molecule has 0 aliphatic rings. The number of benzene rings is 1. The molecule has 1 N–H and O–H groups in total. The first-order valence-electron chi connectivity index (χ1n) is 6.88. The summed E-state index contributed by atoms with van der Waals surface area (Å²) in [5, 5.41) is 7.83. The van der Waals surface area contributed by atoms with Gasteiger partial charge in [-0.3, -0.25) is 4.68 Å². The van der Waals surface area contributed by atoms with Crippen LogP contribution in [0.4, 0.5) is 0 Å². The molecule has 0 spiro atoms. The van der Waals surface area contributed by atoms with Crippen molar-refractivity contribution < 1.29 is 0 Å². The van der Waals surface area contributed by atoms with Gasteiger partial charge >= 0.3 is 0 Å². The molecule has 0 aliphatic carbocycles. The van der Waals surface area contributed by atoms with Crippen molar-refractivity contribution >= 4 is 0 Å². The molecule has 1 heterocycles. The standard InChI is InChI=1S/C16H23N3/c1-5-17-16(15-10-18-19(4)11-15)9-14-8-12(2)6-7-13(14)3/h6-8,10-11,16-17H,5,9H2,1-4H3. The minimum atomic E-state index is 0.333. The summed E-state index contributed by atoms with van der Waals surface area (Å²) in [7, 11) is 1.96. The molecule has 1 atom stereocenters. The highest BCUT2D eigenvalue weighted by Crippen LogP contribution is 2.21. The second kappa shape index (κ2) is 6.02. The van der Waals surface area contributed by atoms with E-state index < -0.39 is 0 Å². The van der Waals surface area contributed by atoms with Gasteiger partial charge in [-0.1, -0.05) is 30.7 Å². The fourth-order valence-electron chi connectivity index (χ4n) is 2.41. The average Bonchev–Trinajstić information content (AvgIpc) is 2.80. The van der Waals surface area contributed by atoms with Crippen LogP contribution in [0.5, 0.6) is 0 Å².